The van der Waals surface area contributed by atoms with Crippen LogP contribution in [-0.4, -0.2) is 21.4 Å². The smallest absolute Gasteiger partial charge is 0.296 e. The Kier molecular flexibility index (Phi) is 7.83. The third-order valence-corrected chi connectivity index (χ3v) is 7.05. The van der Waals surface area contributed by atoms with E-state index in [9.17, 15) is 13.2 Å². The maximum absolute atomic E-state index is 12.6. The highest BCUT2D eigenvalue weighted by molar-refractivity contribution is 7.86. The van der Waals surface area contributed by atoms with E-state index in [1.54, 1.807) is 12.1 Å². The van der Waals surface area contributed by atoms with E-state index in [0.29, 0.717) is 23.1 Å². The van der Waals surface area contributed by atoms with Gasteiger partial charge in [0.1, 0.15) is 0 Å². The summed E-state index contributed by atoms with van der Waals surface area (Å²) >= 11 is 0. The summed E-state index contributed by atoms with van der Waals surface area (Å²) in [6.07, 6.45) is 2.19. The number of nitrogens with one attached hydrogen (secondary N) is 1. The SMILES string of the molecule is CCC(C)(C)C(CC(C)C)c1ccc(C(=O)Nc2ccc(S(=O)(=O)OC)cc2)cc1. The van der Waals surface area contributed by atoms with Gasteiger partial charge in [0.2, 0.25) is 0 Å². The molecule has 0 saturated heterocycles. The van der Waals surface area contributed by atoms with Crippen LogP contribution in [0.1, 0.15) is 69.3 Å². The van der Waals surface area contributed by atoms with Crippen LogP contribution in [0.5, 0.6) is 0 Å². The molecule has 1 N–H and O–H groups in total. The Morgan fingerprint density at radius 2 is 1.60 bits per heavy atom. The zero-order valence-corrected chi connectivity index (χ0v) is 19.5. The Hall–Kier alpha value is -2.18. The highest BCUT2D eigenvalue weighted by Crippen LogP contribution is 2.42. The summed E-state index contributed by atoms with van der Waals surface area (Å²) in [4.78, 5) is 12.7. The van der Waals surface area contributed by atoms with Crippen molar-refractivity contribution in [3.05, 3.63) is 59.7 Å². The predicted octanol–water partition coefficient (Wildman–Crippen LogP) is 5.84. The van der Waals surface area contributed by atoms with Gasteiger partial charge in [-0.3, -0.25) is 8.98 Å². The average molecular weight is 432 g/mol. The van der Waals surface area contributed by atoms with Crippen molar-refractivity contribution in [1.82, 2.24) is 0 Å². The zero-order valence-electron chi connectivity index (χ0n) is 18.7. The topological polar surface area (TPSA) is 72.5 Å². The van der Waals surface area contributed by atoms with Crippen molar-refractivity contribution in [2.24, 2.45) is 11.3 Å². The van der Waals surface area contributed by atoms with Crippen LogP contribution in [0.25, 0.3) is 0 Å². The lowest BCUT2D eigenvalue weighted by atomic mass is 9.70. The van der Waals surface area contributed by atoms with E-state index in [0.717, 1.165) is 20.0 Å². The van der Waals surface area contributed by atoms with E-state index in [1.807, 2.05) is 24.3 Å². The average Bonchev–Trinajstić information content (AvgIpc) is 2.72. The first-order valence-electron chi connectivity index (χ1n) is 10.3. The fraction of sp³-hybridized carbons (Fsp3) is 0.458. The van der Waals surface area contributed by atoms with Crippen LogP contribution < -0.4 is 5.32 Å². The molecule has 2 aromatic carbocycles. The number of hydrogen-bond acceptors (Lipinski definition) is 4. The molecule has 2 aromatic rings. The quantitative estimate of drug-likeness (QED) is 0.506. The van der Waals surface area contributed by atoms with E-state index >= 15 is 0 Å². The van der Waals surface area contributed by atoms with Crippen molar-refractivity contribution < 1.29 is 17.4 Å². The van der Waals surface area contributed by atoms with E-state index in [1.165, 1.54) is 17.7 Å². The van der Waals surface area contributed by atoms with Crippen LogP contribution >= 0.6 is 0 Å². The van der Waals surface area contributed by atoms with Gasteiger partial charge < -0.3 is 5.32 Å². The van der Waals surface area contributed by atoms with E-state index < -0.39 is 10.1 Å². The molecular weight excluding hydrogens is 398 g/mol. The molecule has 0 fully saturated rings. The maximum atomic E-state index is 12.6. The Balaban J connectivity index is 2.16. The summed E-state index contributed by atoms with van der Waals surface area (Å²) in [5.74, 6) is 0.780. The number of carbonyl (C=O) groups is 1. The Bertz CT molecular complexity index is 946. The molecule has 6 heteroatoms. The minimum Gasteiger partial charge on any atom is -0.322 e. The normalized spacial score (nSPS) is 13.3. The van der Waals surface area contributed by atoms with Crippen LogP contribution in [-0.2, 0) is 14.3 Å². The predicted molar refractivity (Wildman–Crippen MR) is 121 cm³/mol. The summed E-state index contributed by atoms with van der Waals surface area (Å²) in [5, 5.41) is 2.80. The van der Waals surface area contributed by atoms with Crippen molar-refractivity contribution >= 4 is 21.7 Å². The monoisotopic (exact) mass is 431 g/mol. The van der Waals surface area contributed by atoms with E-state index in [2.05, 4.69) is 44.1 Å². The van der Waals surface area contributed by atoms with Crippen LogP contribution in [0, 0.1) is 11.3 Å². The first-order valence-corrected chi connectivity index (χ1v) is 11.7. The van der Waals surface area contributed by atoms with Crippen molar-refractivity contribution in [2.45, 2.75) is 58.3 Å². The molecule has 0 aromatic heterocycles. The van der Waals surface area contributed by atoms with Crippen LogP contribution in [0.2, 0.25) is 0 Å². The molecule has 0 saturated carbocycles. The molecule has 164 valence electrons. The number of carbonyl (C=O) groups excluding carboxylic acids is 1. The summed E-state index contributed by atoms with van der Waals surface area (Å²) < 4.78 is 27.9. The summed E-state index contributed by atoms with van der Waals surface area (Å²) in [6.45, 7) is 11.3. The third-order valence-electron chi connectivity index (χ3n) is 5.76. The first-order chi connectivity index (χ1) is 14.0. The van der Waals surface area contributed by atoms with Crippen molar-refractivity contribution in [3.8, 4) is 0 Å². The summed E-state index contributed by atoms with van der Waals surface area (Å²) in [5.41, 5.74) is 2.51. The Morgan fingerprint density at radius 3 is 2.07 bits per heavy atom. The van der Waals surface area contributed by atoms with Gasteiger partial charge in [-0.05, 0) is 65.6 Å². The Labute approximate surface area is 181 Å². The highest BCUT2D eigenvalue weighted by atomic mass is 32.2. The van der Waals surface area contributed by atoms with Gasteiger partial charge in [-0.2, -0.15) is 8.42 Å². The standard InChI is InChI=1S/C24H33NO4S/c1-7-24(4,5)22(16-17(2)3)18-8-10-19(11-9-18)23(26)25-20-12-14-21(15-13-20)30(27,28)29-6/h8-15,17,22H,7,16H2,1-6H3,(H,25,26). The van der Waals surface area contributed by atoms with Crippen molar-refractivity contribution in [3.63, 3.8) is 0 Å². The molecule has 0 aliphatic rings. The van der Waals surface area contributed by atoms with Gasteiger partial charge in [0.25, 0.3) is 16.0 Å². The number of rotatable bonds is 9. The van der Waals surface area contributed by atoms with Crippen molar-refractivity contribution in [2.75, 3.05) is 12.4 Å². The summed E-state index contributed by atoms with van der Waals surface area (Å²) in [6, 6.07) is 13.7. The van der Waals surface area contributed by atoms with Crippen LogP contribution in [0.3, 0.4) is 0 Å². The second-order valence-electron chi connectivity index (χ2n) is 8.75. The molecule has 0 spiro atoms. The van der Waals surface area contributed by atoms with Gasteiger partial charge >= 0.3 is 0 Å². The van der Waals surface area contributed by atoms with Gasteiger partial charge in [-0.1, -0.05) is 53.2 Å². The molecule has 1 unspecified atom stereocenters. The third kappa shape index (κ3) is 5.92. The molecule has 0 aliphatic heterocycles. The summed E-state index contributed by atoms with van der Waals surface area (Å²) in [7, 11) is -2.63. The number of hydrogen-bond donors (Lipinski definition) is 1. The number of benzene rings is 2. The lowest BCUT2D eigenvalue weighted by Gasteiger charge is -2.35. The number of amides is 1. The molecule has 0 aliphatic carbocycles. The van der Waals surface area contributed by atoms with Crippen LogP contribution in [0.15, 0.2) is 53.4 Å². The molecule has 0 bridgehead atoms. The highest BCUT2D eigenvalue weighted by Gasteiger charge is 2.29. The molecule has 2 rings (SSSR count). The fourth-order valence-electron chi connectivity index (χ4n) is 3.50. The lowest BCUT2D eigenvalue weighted by Crippen LogP contribution is -2.23. The van der Waals surface area contributed by atoms with Gasteiger partial charge in [0.15, 0.2) is 0 Å². The second kappa shape index (κ2) is 9.75. The molecular formula is C24H33NO4S. The minimum atomic E-state index is -3.74. The van der Waals surface area contributed by atoms with E-state index in [4.69, 9.17) is 0 Å². The van der Waals surface area contributed by atoms with Gasteiger partial charge in [-0.15, -0.1) is 0 Å². The molecule has 1 atom stereocenters. The van der Waals surface area contributed by atoms with Gasteiger partial charge in [0, 0.05) is 11.3 Å². The van der Waals surface area contributed by atoms with Gasteiger partial charge in [-0.25, -0.2) is 0 Å². The van der Waals surface area contributed by atoms with E-state index in [-0.39, 0.29) is 16.2 Å². The largest absolute Gasteiger partial charge is 0.322 e. The number of anilines is 1. The molecule has 0 radical (unpaired) electrons. The lowest BCUT2D eigenvalue weighted by molar-refractivity contribution is 0.102. The van der Waals surface area contributed by atoms with Gasteiger partial charge in [0.05, 0.1) is 12.0 Å². The van der Waals surface area contributed by atoms with Crippen molar-refractivity contribution in [1.29, 1.82) is 0 Å². The molecule has 1 amide bonds. The fourth-order valence-corrected chi connectivity index (χ4v) is 4.16. The molecule has 5 nitrogen and oxygen atoms in total. The molecule has 30 heavy (non-hydrogen) atoms. The molecule has 0 heterocycles. The minimum absolute atomic E-state index is 0.0436. The zero-order chi connectivity index (χ0) is 22.5. The maximum Gasteiger partial charge on any atom is 0.296 e. The van der Waals surface area contributed by atoms with Crippen LogP contribution in [0.4, 0.5) is 5.69 Å². The second-order valence-corrected chi connectivity index (χ2v) is 10.5. The first kappa shape index (κ1) is 24.1. The Morgan fingerprint density at radius 1 is 1.03 bits per heavy atom.